The van der Waals surface area contributed by atoms with Crippen molar-refractivity contribution in [1.29, 1.82) is 0 Å². The fourth-order valence-corrected chi connectivity index (χ4v) is 0.631. The smallest absolute Gasteiger partial charge is 0.209 e. The summed E-state index contributed by atoms with van der Waals surface area (Å²) in [5, 5.41) is 8.70. The molecule has 0 saturated carbocycles. The predicted octanol–water partition coefficient (Wildman–Crippen LogP) is 0.0810. The number of nitrogens with zero attached hydrogens (tertiary/aromatic N) is 1. The predicted molar refractivity (Wildman–Crippen MR) is 33.4 cm³/mol. The standard InChI is InChI=1S/C5H4ClNO2/c6-3-1-7-2-4(8)5(3)9/h1-2,4,8H. The number of aliphatic hydroxyl groups is 1. The van der Waals surface area contributed by atoms with Crippen LogP contribution in [-0.4, -0.2) is 23.2 Å². The maximum Gasteiger partial charge on any atom is 0.209 e. The summed E-state index contributed by atoms with van der Waals surface area (Å²) < 4.78 is 0. The highest BCUT2D eigenvalue weighted by molar-refractivity contribution is 6.44. The van der Waals surface area contributed by atoms with Crippen LogP contribution < -0.4 is 0 Å². The van der Waals surface area contributed by atoms with Gasteiger partial charge < -0.3 is 5.11 Å². The molecule has 1 rings (SSSR count). The SMILES string of the molecule is O=C1C(Cl)=CN=CC1O. The molecule has 4 heteroatoms. The van der Waals surface area contributed by atoms with E-state index in [0.29, 0.717) is 0 Å². The number of ketones is 1. The van der Waals surface area contributed by atoms with E-state index in [-0.39, 0.29) is 5.03 Å². The molecule has 0 aromatic heterocycles. The van der Waals surface area contributed by atoms with Crippen LogP contribution >= 0.6 is 11.6 Å². The Morgan fingerprint density at radius 2 is 2.44 bits per heavy atom. The van der Waals surface area contributed by atoms with Gasteiger partial charge >= 0.3 is 0 Å². The van der Waals surface area contributed by atoms with E-state index in [2.05, 4.69) is 4.99 Å². The van der Waals surface area contributed by atoms with Gasteiger partial charge in [-0.1, -0.05) is 11.6 Å². The summed E-state index contributed by atoms with van der Waals surface area (Å²) in [5.74, 6) is -0.494. The fraction of sp³-hybridized carbons (Fsp3) is 0.200. The third-order valence-corrected chi connectivity index (χ3v) is 1.20. The second-order valence-electron chi connectivity index (χ2n) is 1.58. The molecule has 3 nitrogen and oxygen atoms in total. The number of carbonyl (C=O) groups is 1. The summed E-state index contributed by atoms with van der Waals surface area (Å²) >= 11 is 5.30. The van der Waals surface area contributed by atoms with Crippen molar-refractivity contribution in [1.82, 2.24) is 0 Å². The van der Waals surface area contributed by atoms with Crippen molar-refractivity contribution in [2.24, 2.45) is 4.99 Å². The number of aliphatic hydroxyl groups excluding tert-OH is 1. The van der Waals surface area contributed by atoms with Crippen molar-refractivity contribution in [3.63, 3.8) is 0 Å². The zero-order chi connectivity index (χ0) is 6.85. The summed E-state index contributed by atoms with van der Waals surface area (Å²) in [7, 11) is 0. The molecule has 0 saturated heterocycles. The monoisotopic (exact) mass is 145 g/mol. The lowest BCUT2D eigenvalue weighted by atomic mass is 10.2. The number of hydrogen-bond donors (Lipinski definition) is 1. The van der Waals surface area contributed by atoms with Gasteiger partial charge in [-0.3, -0.25) is 9.79 Å². The maximum absolute atomic E-state index is 10.6. The molecule has 0 aromatic carbocycles. The van der Waals surface area contributed by atoms with Gasteiger partial charge in [0.25, 0.3) is 0 Å². The summed E-state index contributed by atoms with van der Waals surface area (Å²) in [4.78, 5) is 14.1. The lowest BCUT2D eigenvalue weighted by Crippen LogP contribution is -2.23. The van der Waals surface area contributed by atoms with E-state index in [1.807, 2.05) is 0 Å². The van der Waals surface area contributed by atoms with Gasteiger partial charge in [-0.05, 0) is 0 Å². The van der Waals surface area contributed by atoms with Crippen molar-refractivity contribution in [3.8, 4) is 0 Å². The van der Waals surface area contributed by atoms with Crippen molar-refractivity contribution < 1.29 is 9.90 Å². The molecular weight excluding hydrogens is 142 g/mol. The molecule has 0 fully saturated rings. The van der Waals surface area contributed by atoms with E-state index in [9.17, 15) is 4.79 Å². The van der Waals surface area contributed by atoms with Crippen molar-refractivity contribution in [2.75, 3.05) is 0 Å². The number of halogens is 1. The maximum atomic E-state index is 10.6. The zero-order valence-corrected chi connectivity index (χ0v) is 5.17. The van der Waals surface area contributed by atoms with Crippen LogP contribution in [0.1, 0.15) is 0 Å². The molecule has 9 heavy (non-hydrogen) atoms. The van der Waals surface area contributed by atoms with E-state index >= 15 is 0 Å². The Kier molecular flexibility index (Phi) is 1.64. The van der Waals surface area contributed by atoms with Crippen molar-refractivity contribution in [3.05, 3.63) is 11.2 Å². The van der Waals surface area contributed by atoms with Gasteiger partial charge in [0.1, 0.15) is 5.03 Å². The first-order valence-corrected chi connectivity index (χ1v) is 2.71. The topological polar surface area (TPSA) is 49.7 Å². The molecule has 1 atom stereocenters. The van der Waals surface area contributed by atoms with Crippen LogP contribution in [0.2, 0.25) is 0 Å². The Bertz CT molecular complexity index is 197. The van der Waals surface area contributed by atoms with Gasteiger partial charge in [-0.15, -0.1) is 0 Å². The Morgan fingerprint density at radius 3 is 2.89 bits per heavy atom. The molecule has 0 aromatic rings. The van der Waals surface area contributed by atoms with Crippen LogP contribution in [0.5, 0.6) is 0 Å². The average molecular weight is 146 g/mol. The van der Waals surface area contributed by atoms with Crippen LogP contribution in [0.25, 0.3) is 0 Å². The van der Waals surface area contributed by atoms with E-state index in [1.54, 1.807) is 0 Å². The highest BCUT2D eigenvalue weighted by Gasteiger charge is 2.18. The van der Waals surface area contributed by atoms with Crippen molar-refractivity contribution >= 4 is 23.6 Å². The summed E-state index contributed by atoms with van der Waals surface area (Å²) in [6, 6.07) is 0. The van der Waals surface area contributed by atoms with Crippen LogP contribution in [-0.2, 0) is 4.79 Å². The largest absolute Gasteiger partial charge is 0.379 e. The number of aliphatic imine (C=N–C) groups is 1. The molecule has 0 aliphatic carbocycles. The molecular formula is C5H4ClNO2. The average Bonchev–Trinajstić information content (AvgIpc) is 1.83. The summed E-state index contributed by atoms with van der Waals surface area (Å²) in [6.45, 7) is 0. The molecule has 0 radical (unpaired) electrons. The van der Waals surface area contributed by atoms with Crippen LogP contribution in [0.4, 0.5) is 0 Å². The van der Waals surface area contributed by atoms with Crippen LogP contribution in [0.15, 0.2) is 16.2 Å². The Balaban J connectivity index is 2.86. The second-order valence-corrected chi connectivity index (χ2v) is 1.99. The first-order valence-electron chi connectivity index (χ1n) is 2.33. The molecule has 48 valence electrons. The molecule has 1 aliphatic rings. The molecule has 1 heterocycles. The summed E-state index contributed by atoms with van der Waals surface area (Å²) in [6.07, 6.45) is 1.19. The fourth-order valence-electron chi connectivity index (χ4n) is 0.463. The third kappa shape index (κ3) is 1.17. The second kappa shape index (κ2) is 2.29. The minimum Gasteiger partial charge on any atom is -0.379 e. The lowest BCUT2D eigenvalue weighted by Gasteiger charge is -2.04. The first-order chi connectivity index (χ1) is 4.22. The number of Topliss-reactive ketones (excluding diaryl/α,β-unsaturated/α-hetero) is 1. The van der Waals surface area contributed by atoms with Crippen LogP contribution in [0.3, 0.4) is 0 Å². The molecule has 0 amide bonds. The third-order valence-electron chi connectivity index (χ3n) is 0.919. The van der Waals surface area contributed by atoms with E-state index in [1.165, 1.54) is 6.20 Å². The lowest BCUT2D eigenvalue weighted by molar-refractivity contribution is -0.119. The van der Waals surface area contributed by atoms with Gasteiger partial charge in [-0.2, -0.15) is 0 Å². The molecule has 0 bridgehead atoms. The van der Waals surface area contributed by atoms with Gasteiger partial charge in [0.2, 0.25) is 5.78 Å². The summed E-state index contributed by atoms with van der Waals surface area (Å²) in [5.41, 5.74) is 0. The minimum absolute atomic E-state index is 0.0231. The van der Waals surface area contributed by atoms with Gasteiger partial charge in [0, 0.05) is 12.4 Å². The highest BCUT2D eigenvalue weighted by Crippen LogP contribution is 2.08. The normalized spacial score (nSPS) is 26.2. The van der Waals surface area contributed by atoms with E-state index < -0.39 is 11.9 Å². The van der Waals surface area contributed by atoms with Gasteiger partial charge in [0.05, 0.1) is 0 Å². The Morgan fingerprint density at radius 1 is 1.78 bits per heavy atom. The van der Waals surface area contributed by atoms with Crippen LogP contribution in [0, 0.1) is 0 Å². The zero-order valence-electron chi connectivity index (χ0n) is 4.41. The van der Waals surface area contributed by atoms with Gasteiger partial charge in [-0.25, -0.2) is 0 Å². The molecule has 1 unspecified atom stereocenters. The van der Waals surface area contributed by atoms with E-state index in [0.717, 1.165) is 6.21 Å². The van der Waals surface area contributed by atoms with Crippen molar-refractivity contribution in [2.45, 2.75) is 6.10 Å². The minimum atomic E-state index is -1.15. The van der Waals surface area contributed by atoms with E-state index in [4.69, 9.17) is 16.7 Å². The molecule has 0 spiro atoms. The van der Waals surface area contributed by atoms with Gasteiger partial charge in [0.15, 0.2) is 6.10 Å². The number of carbonyl (C=O) groups excluding carboxylic acids is 1. The Hall–Kier alpha value is -0.670. The first kappa shape index (κ1) is 6.45. The molecule has 1 aliphatic heterocycles. The Labute approximate surface area is 56.7 Å². The molecule has 1 N–H and O–H groups in total. The highest BCUT2D eigenvalue weighted by atomic mass is 35.5. The number of hydrogen-bond acceptors (Lipinski definition) is 3. The number of rotatable bonds is 0. The quantitative estimate of drug-likeness (QED) is 0.525.